The predicted octanol–water partition coefficient (Wildman–Crippen LogP) is 3.40. The van der Waals surface area contributed by atoms with Crippen LogP contribution >= 0.6 is 11.6 Å². The summed E-state index contributed by atoms with van der Waals surface area (Å²) in [7, 11) is 1.75. The number of benzene rings is 2. The number of hydrogen-bond acceptors (Lipinski definition) is 2. The lowest BCUT2D eigenvalue weighted by molar-refractivity contribution is -0.117. The summed E-state index contributed by atoms with van der Waals surface area (Å²) in [5.74, 6) is -0.0291. The van der Waals surface area contributed by atoms with Gasteiger partial charge in [0.15, 0.2) is 5.78 Å². The summed E-state index contributed by atoms with van der Waals surface area (Å²) in [6.07, 6.45) is 0.349. The van der Waals surface area contributed by atoms with Gasteiger partial charge < -0.3 is 4.90 Å². The number of likely N-dealkylation sites (N-methyl/N-ethyl adjacent to an activating group) is 1. The Kier molecular flexibility index (Phi) is 3.30. The number of fused-ring (bicyclic) bond motifs is 1. The van der Waals surface area contributed by atoms with Crippen molar-refractivity contribution in [1.82, 2.24) is 0 Å². The number of hydrogen-bond donors (Lipinski definition) is 0. The predicted molar refractivity (Wildman–Crippen MR) is 83.2 cm³/mol. The number of rotatable bonds is 2. The van der Waals surface area contributed by atoms with Gasteiger partial charge in [0.05, 0.1) is 6.42 Å². The van der Waals surface area contributed by atoms with Crippen LogP contribution in [-0.4, -0.2) is 18.7 Å². The summed E-state index contributed by atoms with van der Waals surface area (Å²) in [5.41, 5.74) is 3.86. The zero-order valence-electron chi connectivity index (χ0n) is 11.8. The van der Waals surface area contributed by atoms with E-state index < -0.39 is 0 Å². The lowest BCUT2D eigenvalue weighted by Gasteiger charge is -2.10. The second kappa shape index (κ2) is 5.01. The van der Waals surface area contributed by atoms with Gasteiger partial charge in [-0.25, -0.2) is 0 Å². The van der Waals surface area contributed by atoms with Gasteiger partial charge in [-0.15, -0.1) is 0 Å². The Bertz CT molecular complexity index is 747. The molecule has 1 aliphatic heterocycles. The molecule has 2 aromatic carbocycles. The van der Waals surface area contributed by atoms with Crippen LogP contribution in [0.4, 0.5) is 5.69 Å². The third kappa shape index (κ3) is 2.45. The van der Waals surface area contributed by atoms with Crippen LogP contribution in [-0.2, 0) is 11.2 Å². The molecule has 0 radical (unpaired) electrons. The first-order chi connectivity index (χ1) is 9.95. The molecule has 0 N–H and O–H groups in total. The third-order valence-corrected chi connectivity index (χ3v) is 3.94. The molecule has 0 aromatic heterocycles. The smallest absolute Gasteiger partial charge is 0.231 e. The minimum absolute atomic E-state index is 0.0493. The van der Waals surface area contributed by atoms with Crippen molar-refractivity contribution in [2.24, 2.45) is 0 Å². The summed E-state index contributed by atoms with van der Waals surface area (Å²) in [6, 6.07) is 10.7. The number of amides is 1. The third-order valence-electron chi connectivity index (χ3n) is 3.72. The molecule has 0 aliphatic carbocycles. The maximum absolute atomic E-state index is 12.6. The molecule has 1 heterocycles. The van der Waals surface area contributed by atoms with E-state index in [1.807, 2.05) is 25.1 Å². The standard InChI is InChI=1S/C17H14ClNO2/c1-10-5-13(8-14(18)6-10)17(21)11-3-4-15-12(7-11)9-16(20)19(15)2/h3-8H,9H2,1-2H3. The minimum Gasteiger partial charge on any atom is -0.315 e. The van der Waals surface area contributed by atoms with Gasteiger partial charge >= 0.3 is 0 Å². The highest BCUT2D eigenvalue weighted by atomic mass is 35.5. The van der Waals surface area contributed by atoms with Crippen molar-refractivity contribution in [2.45, 2.75) is 13.3 Å². The molecule has 1 amide bonds. The Morgan fingerprint density at radius 3 is 2.62 bits per heavy atom. The molecule has 4 heteroatoms. The lowest BCUT2D eigenvalue weighted by atomic mass is 9.99. The zero-order valence-corrected chi connectivity index (χ0v) is 12.6. The SMILES string of the molecule is Cc1cc(Cl)cc(C(=O)c2ccc3c(c2)CC(=O)N3C)c1. The fourth-order valence-corrected chi connectivity index (χ4v) is 2.94. The number of carbonyl (C=O) groups is 2. The first kappa shape index (κ1) is 13.8. The van der Waals surface area contributed by atoms with Crippen LogP contribution in [0.25, 0.3) is 0 Å². The molecule has 3 rings (SSSR count). The minimum atomic E-state index is -0.0783. The molecule has 0 bridgehead atoms. The van der Waals surface area contributed by atoms with Gasteiger partial charge in [-0.2, -0.15) is 0 Å². The summed E-state index contributed by atoms with van der Waals surface area (Å²) < 4.78 is 0. The first-order valence-electron chi connectivity index (χ1n) is 6.67. The number of carbonyl (C=O) groups excluding carboxylic acids is 2. The molecule has 0 atom stereocenters. The van der Waals surface area contributed by atoms with Crippen LogP contribution in [0.5, 0.6) is 0 Å². The van der Waals surface area contributed by atoms with E-state index in [2.05, 4.69) is 0 Å². The van der Waals surface area contributed by atoms with E-state index >= 15 is 0 Å². The maximum Gasteiger partial charge on any atom is 0.231 e. The van der Waals surface area contributed by atoms with Crippen molar-refractivity contribution >= 4 is 29.0 Å². The van der Waals surface area contributed by atoms with Crippen molar-refractivity contribution in [1.29, 1.82) is 0 Å². The van der Waals surface area contributed by atoms with Gasteiger partial charge in [0.1, 0.15) is 0 Å². The highest BCUT2D eigenvalue weighted by molar-refractivity contribution is 6.31. The van der Waals surface area contributed by atoms with E-state index in [4.69, 9.17) is 11.6 Å². The van der Waals surface area contributed by atoms with Gasteiger partial charge in [-0.1, -0.05) is 11.6 Å². The summed E-state index contributed by atoms with van der Waals surface area (Å²) in [4.78, 5) is 25.9. The maximum atomic E-state index is 12.6. The quantitative estimate of drug-likeness (QED) is 0.797. The second-order valence-corrected chi connectivity index (χ2v) is 5.76. The molecule has 1 aliphatic rings. The molecule has 2 aromatic rings. The molecule has 0 unspecified atom stereocenters. The molecular weight excluding hydrogens is 286 g/mol. The largest absolute Gasteiger partial charge is 0.315 e. The summed E-state index contributed by atoms with van der Waals surface area (Å²) >= 11 is 6.01. The van der Waals surface area contributed by atoms with Gasteiger partial charge in [0.25, 0.3) is 0 Å². The number of ketones is 1. The number of anilines is 1. The molecule has 0 fully saturated rings. The van der Waals surface area contributed by atoms with Crippen molar-refractivity contribution in [2.75, 3.05) is 11.9 Å². The van der Waals surface area contributed by atoms with Crippen molar-refractivity contribution in [3.63, 3.8) is 0 Å². The van der Waals surface area contributed by atoms with E-state index in [9.17, 15) is 9.59 Å². The Morgan fingerprint density at radius 2 is 1.90 bits per heavy atom. The Hall–Kier alpha value is -2.13. The van der Waals surface area contributed by atoms with Gasteiger partial charge in [0.2, 0.25) is 5.91 Å². The number of aryl methyl sites for hydroxylation is 1. The van der Waals surface area contributed by atoms with E-state index in [1.54, 1.807) is 30.1 Å². The summed E-state index contributed by atoms with van der Waals surface area (Å²) in [5, 5.41) is 0.550. The van der Waals surface area contributed by atoms with E-state index in [0.29, 0.717) is 22.6 Å². The Labute approximate surface area is 128 Å². The molecule has 106 valence electrons. The molecule has 0 saturated heterocycles. The highest BCUT2D eigenvalue weighted by Gasteiger charge is 2.25. The fourth-order valence-electron chi connectivity index (χ4n) is 2.65. The normalized spacial score (nSPS) is 13.5. The Balaban J connectivity index is 2.00. The van der Waals surface area contributed by atoms with Crippen LogP contribution in [0.3, 0.4) is 0 Å². The lowest BCUT2D eigenvalue weighted by Crippen LogP contribution is -2.20. The van der Waals surface area contributed by atoms with Gasteiger partial charge in [-0.05, 0) is 54.4 Å². The topological polar surface area (TPSA) is 37.4 Å². The fraction of sp³-hybridized carbons (Fsp3) is 0.176. The monoisotopic (exact) mass is 299 g/mol. The van der Waals surface area contributed by atoms with E-state index in [1.165, 1.54) is 0 Å². The van der Waals surface area contributed by atoms with Crippen molar-refractivity contribution in [3.8, 4) is 0 Å². The van der Waals surface area contributed by atoms with E-state index in [0.717, 1.165) is 16.8 Å². The molecular formula is C17H14ClNO2. The van der Waals surface area contributed by atoms with Gasteiger partial charge in [-0.3, -0.25) is 9.59 Å². The van der Waals surface area contributed by atoms with Crippen molar-refractivity contribution in [3.05, 3.63) is 63.7 Å². The molecule has 0 saturated carbocycles. The van der Waals surface area contributed by atoms with Crippen molar-refractivity contribution < 1.29 is 9.59 Å². The molecule has 3 nitrogen and oxygen atoms in total. The van der Waals surface area contributed by atoms with Crippen LogP contribution < -0.4 is 4.90 Å². The number of nitrogens with zero attached hydrogens (tertiary/aromatic N) is 1. The average molecular weight is 300 g/mol. The van der Waals surface area contributed by atoms with Crippen LogP contribution in [0.15, 0.2) is 36.4 Å². The zero-order chi connectivity index (χ0) is 15.1. The first-order valence-corrected chi connectivity index (χ1v) is 7.05. The Morgan fingerprint density at radius 1 is 1.14 bits per heavy atom. The van der Waals surface area contributed by atoms with Crippen LogP contribution in [0.1, 0.15) is 27.0 Å². The van der Waals surface area contributed by atoms with Crippen LogP contribution in [0, 0.1) is 6.92 Å². The highest BCUT2D eigenvalue weighted by Crippen LogP contribution is 2.29. The molecule has 0 spiro atoms. The second-order valence-electron chi connectivity index (χ2n) is 5.32. The summed E-state index contributed by atoms with van der Waals surface area (Å²) in [6.45, 7) is 1.90. The van der Waals surface area contributed by atoms with E-state index in [-0.39, 0.29) is 11.7 Å². The molecule has 21 heavy (non-hydrogen) atoms. The number of halogens is 1. The van der Waals surface area contributed by atoms with Gasteiger partial charge in [0, 0.05) is 28.9 Å². The van der Waals surface area contributed by atoms with Crippen LogP contribution in [0.2, 0.25) is 5.02 Å². The average Bonchev–Trinajstić information content (AvgIpc) is 2.71.